The van der Waals surface area contributed by atoms with Gasteiger partial charge in [-0.2, -0.15) is 0 Å². The van der Waals surface area contributed by atoms with Crippen molar-refractivity contribution in [2.75, 3.05) is 32.2 Å². The number of hydrogen-bond donors (Lipinski definition) is 0. The van der Waals surface area contributed by atoms with Crippen LogP contribution >= 0.6 is 0 Å². The summed E-state index contributed by atoms with van der Waals surface area (Å²) in [6.45, 7) is 2.12. The molecule has 2 aliphatic rings. The number of methoxy groups -OCH3 is 2. The van der Waals surface area contributed by atoms with Crippen molar-refractivity contribution in [1.82, 2.24) is 0 Å². The molecular weight excluding hydrogens is 409 g/mol. The number of nitrogens with zero attached hydrogens (tertiary/aromatic N) is 1. The summed E-state index contributed by atoms with van der Waals surface area (Å²) in [6, 6.07) is 12.5. The lowest BCUT2D eigenvalue weighted by Crippen LogP contribution is -2.28. The molecule has 0 spiro atoms. The van der Waals surface area contributed by atoms with E-state index < -0.39 is 5.97 Å². The molecule has 0 aliphatic heterocycles. The van der Waals surface area contributed by atoms with Gasteiger partial charge in [-0.1, -0.05) is 24.3 Å². The first-order valence-corrected chi connectivity index (χ1v) is 11.2. The molecule has 2 fully saturated rings. The first kappa shape index (κ1) is 22.2. The summed E-state index contributed by atoms with van der Waals surface area (Å²) >= 11 is 0. The Labute approximate surface area is 188 Å². The number of anilines is 1. The zero-order valence-electron chi connectivity index (χ0n) is 18.7. The first-order chi connectivity index (χ1) is 15.6. The third-order valence-electron chi connectivity index (χ3n) is 5.96. The highest BCUT2D eigenvalue weighted by Crippen LogP contribution is 2.36. The molecule has 170 valence electrons. The Morgan fingerprint density at radius 1 is 1.06 bits per heavy atom. The van der Waals surface area contributed by atoms with Gasteiger partial charge in [-0.15, -0.1) is 0 Å². The van der Waals surface area contributed by atoms with Gasteiger partial charge >= 0.3 is 5.97 Å². The standard InChI is InChI=1S/C26H30FNO4/c1-30-17-23(26(29)31-2)22-6-4-3-5-20(22)16-32-25-12-11-21(13-24(25)27)28(14-18-7-8-18)15-19-9-10-19/h3-6,11-13,17-19H,7-10,14-16H2,1-2H3. The lowest BCUT2D eigenvalue weighted by atomic mass is 10.0. The average Bonchev–Trinajstić information content (AvgIpc) is 3.73. The number of halogens is 1. The summed E-state index contributed by atoms with van der Waals surface area (Å²) in [7, 11) is 2.78. The van der Waals surface area contributed by atoms with Crippen molar-refractivity contribution in [2.24, 2.45) is 11.8 Å². The fourth-order valence-corrected chi connectivity index (χ4v) is 3.83. The van der Waals surface area contributed by atoms with Crippen molar-refractivity contribution in [3.63, 3.8) is 0 Å². The Morgan fingerprint density at radius 2 is 1.75 bits per heavy atom. The van der Waals surface area contributed by atoms with Gasteiger partial charge in [-0.3, -0.25) is 0 Å². The second kappa shape index (κ2) is 10.1. The molecule has 32 heavy (non-hydrogen) atoms. The van der Waals surface area contributed by atoms with E-state index in [9.17, 15) is 9.18 Å². The average molecular weight is 440 g/mol. The van der Waals surface area contributed by atoms with E-state index in [1.165, 1.54) is 46.2 Å². The fraction of sp³-hybridized carbons (Fsp3) is 0.423. The van der Waals surface area contributed by atoms with Crippen molar-refractivity contribution in [3.8, 4) is 5.75 Å². The molecule has 0 amide bonds. The van der Waals surface area contributed by atoms with Crippen molar-refractivity contribution in [3.05, 3.63) is 65.7 Å². The van der Waals surface area contributed by atoms with E-state index in [0.29, 0.717) is 5.56 Å². The van der Waals surface area contributed by atoms with Crippen LogP contribution in [0.4, 0.5) is 10.1 Å². The molecule has 4 rings (SSSR count). The summed E-state index contributed by atoms with van der Waals surface area (Å²) in [5.41, 5.74) is 2.55. The highest BCUT2D eigenvalue weighted by atomic mass is 19.1. The van der Waals surface area contributed by atoms with Crippen LogP contribution in [0, 0.1) is 17.7 Å². The number of benzene rings is 2. The van der Waals surface area contributed by atoms with Crippen LogP contribution in [0.15, 0.2) is 48.7 Å². The van der Waals surface area contributed by atoms with Gasteiger partial charge in [-0.05, 0) is 60.8 Å². The monoisotopic (exact) mass is 439 g/mol. The quantitative estimate of drug-likeness (QED) is 0.274. The lowest BCUT2D eigenvalue weighted by molar-refractivity contribution is -0.133. The topological polar surface area (TPSA) is 48.0 Å². The molecule has 0 radical (unpaired) electrons. The fourth-order valence-electron chi connectivity index (χ4n) is 3.83. The van der Waals surface area contributed by atoms with Gasteiger partial charge < -0.3 is 19.1 Å². The number of ether oxygens (including phenoxy) is 3. The highest BCUT2D eigenvalue weighted by molar-refractivity contribution is 6.16. The number of carbonyl (C=O) groups excluding carboxylic acids is 1. The van der Waals surface area contributed by atoms with E-state index in [1.807, 2.05) is 24.3 Å². The third-order valence-corrected chi connectivity index (χ3v) is 5.96. The second-order valence-corrected chi connectivity index (χ2v) is 8.61. The summed E-state index contributed by atoms with van der Waals surface area (Å²) in [6.07, 6.45) is 6.43. The second-order valence-electron chi connectivity index (χ2n) is 8.61. The van der Waals surface area contributed by atoms with E-state index in [-0.39, 0.29) is 23.7 Å². The normalized spacial score (nSPS) is 15.9. The minimum Gasteiger partial charge on any atom is -0.503 e. The molecule has 0 N–H and O–H groups in total. The zero-order chi connectivity index (χ0) is 22.5. The van der Waals surface area contributed by atoms with Crippen LogP contribution in [0.2, 0.25) is 0 Å². The summed E-state index contributed by atoms with van der Waals surface area (Å²) in [5, 5.41) is 0. The molecule has 0 aromatic heterocycles. The molecular formula is C26H30FNO4. The van der Waals surface area contributed by atoms with Crippen LogP contribution in [0.3, 0.4) is 0 Å². The van der Waals surface area contributed by atoms with E-state index >= 15 is 0 Å². The molecule has 2 aromatic rings. The lowest BCUT2D eigenvalue weighted by Gasteiger charge is -2.25. The molecule has 2 aromatic carbocycles. The number of esters is 1. The molecule has 6 heteroatoms. The maximum Gasteiger partial charge on any atom is 0.341 e. The van der Waals surface area contributed by atoms with Gasteiger partial charge in [0.25, 0.3) is 0 Å². The predicted molar refractivity (Wildman–Crippen MR) is 122 cm³/mol. The molecule has 0 heterocycles. The molecule has 2 aliphatic carbocycles. The maximum atomic E-state index is 14.9. The van der Waals surface area contributed by atoms with Crippen LogP contribution in [-0.2, 0) is 20.9 Å². The smallest absolute Gasteiger partial charge is 0.341 e. The molecule has 0 bridgehead atoms. The van der Waals surface area contributed by atoms with E-state index in [4.69, 9.17) is 14.2 Å². The number of rotatable bonds is 11. The van der Waals surface area contributed by atoms with Gasteiger partial charge in [0.05, 0.1) is 20.5 Å². The number of carbonyl (C=O) groups is 1. The van der Waals surface area contributed by atoms with Crippen LogP contribution in [0.5, 0.6) is 5.75 Å². The van der Waals surface area contributed by atoms with Gasteiger partial charge in [0.1, 0.15) is 12.2 Å². The Bertz CT molecular complexity index is 968. The van der Waals surface area contributed by atoms with E-state index in [2.05, 4.69) is 4.90 Å². The van der Waals surface area contributed by atoms with Crippen LogP contribution in [-0.4, -0.2) is 33.3 Å². The number of hydrogen-bond acceptors (Lipinski definition) is 5. The largest absolute Gasteiger partial charge is 0.503 e. The summed E-state index contributed by atoms with van der Waals surface area (Å²) in [4.78, 5) is 14.5. The predicted octanol–water partition coefficient (Wildman–Crippen LogP) is 5.19. The first-order valence-electron chi connectivity index (χ1n) is 11.2. The van der Waals surface area contributed by atoms with Crippen LogP contribution < -0.4 is 9.64 Å². The van der Waals surface area contributed by atoms with Gasteiger partial charge in [0, 0.05) is 24.8 Å². The molecule has 0 atom stereocenters. The minimum absolute atomic E-state index is 0.109. The minimum atomic E-state index is -0.513. The molecule has 0 unspecified atom stereocenters. The van der Waals surface area contributed by atoms with Crippen LogP contribution in [0.1, 0.15) is 36.8 Å². The third kappa shape index (κ3) is 5.61. The highest BCUT2D eigenvalue weighted by Gasteiger charge is 2.29. The van der Waals surface area contributed by atoms with Gasteiger partial charge in [0.2, 0.25) is 0 Å². The van der Waals surface area contributed by atoms with E-state index in [0.717, 1.165) is 36.2 Å². The Morgan fingerprint density at radius 3 is 2.34 bits per heavy atom. The summed E-state index contributed by atoms with van der Waals surface area (Å²) in [5.74, 6) is 0.789. The molecule has 0 saturated heterocycles. The van der Waals surface area contributed by atoms with Crippen molar-refractivity contribution in [1.29, 1.82) is 0 Å². The maximum absolute atomic E-state index is 14.9. The Kier molecular flexibility index (Phi) is 6.98. The Hall–Kier alpha value is -3.02. The van der Waals surface area contributed by atoms with E-state index in [1.54, 1.807) is 18.2 Å². The SMILES string of the molecule is COC=C(C(=O)OC)c1ccccc1COc1ccc(N(CC2CC2)CC2CC2)cc1F. The van der Waals surface area contributed by atoms with Crippen molar-refractivity contribution in [2.45, 2.75) is 32.3 Å². The van der Waals surface area contributed by atoms with Gasteiger partial charge in [0.15, 0.2) is 11.6 Å². The Balaban J connectivity index is 1.48. The van der Waals surface area contributed by atoms with Gasteiger partial charge in [-0.25, -0.2) is 9.18 Å². The van der Waals surface area contributed by atoms with Crippen molar-refractivity contribution >= 4 is 17.2 Å². The zero-order valence-corrected chi connectivity index (χ0v) is 18.7. The van der Waals surface area contributed by atoms with Crippen LogP contribution in [0.25, 0.3) is 5.57 Å². The summed E-state index contributed by atoms with van der Waals surface area (Å²) < 4.78 is 30.6. The van der Waals surface area contributed by atoms with Crippen molar-refractivity contribution < 1.29 is 23.4 Å². The molecule has 5 nitrogen and oxygen atoms in total. The molecule has 2 saturated carbocycles.